The summed E-state index contributed by atoms with van der Waals surface area (Å²) in [5.41, 5.74) is 4.37. The van der Waals surface area contributed by atoms with Gasteiger partial charge < -0.3 is 5.73 Å². The van der Waals surface area contributed by atoms with Crippen LogP contribution in [0.25, 0.3) is 0 Å². The van der Waals surface area contributed by atoms with E-state index >= 15 is 0 Å². The Balaban J connectivity index is 2.13. The van der Waals surface area contributed by atoms with Crippen LogP contribution in [0.4, 0.5) is 13.2 Å². The van der Waals surface area contributed by atoms with Gasteiger partial charge in [0, 0.05) is 6.54 Å². The van der Waals surface area contributed by atoms with E-state index in [4.69, 9.17) is 5.73 Å². The van der Waals surface area contributed by atoms with Gasteiger partial charge in [-0.05, 0) is 49.4 Å². The number of alkyl halides is 3. The molecule has 21 heavy (non-hydrogen) atoms. The van der Waals surface area contributed by atoms with Crippen molar-refractivity contribution in [3.05, 3.63) is 29.8 Å². The van der Waals surface area contributed by atoms with E-state index in [0.29, 0.717) is 19.0 Å². The van der Waals surface area contributed by atoms with E-state index in [9.17, 15) is 21.6 Å². The van der Waals surface area contributed by atoms with Crippen molar-refractivity contribution in [2.24, 2.45) is 11.1 Å². The zero-order valence-corrected chi connectivity index (χ0v) is 12.1. The number of nitrogens with one attached hydrogen (secondary N) is 1. The van der Waals surface area contributed by atoms with Crippen molar-refractivity contribution in [1.29, 1.82) is 0 Å². The quantitative estimate of drug-likeness (QED) is 0.842. The number of halogens is 3. The second-order valence-electron chi connectivity index (χ2n) is 5.39. The number of hydrogen-bond donors (Lipinski definition) is 2. The van der Waals surface area contributed by atoms with E-state index in [-0.39, 0.29) is 16.9 Å². The van der Waals surface area contributed by atoms with Gasteiger partial charge in [-0.1, -0.05) is 6.07 Å². The second kappa shape index (κ2) is 5.58. The molecule has 0 aromatic heterocycles. The molecule has 0 heterocycles. The van der Waals surface area contributed by atoms with Crippen LogP contribution < -0.4 is 10.5 Å². The molecule has 0 aliphatic heterocycles. The minimum absolute atomic E-state index is 0.122. The van der Waals surface area contributed by atoms with E-state index in [1.165, 1.54) is 0 Å². The van der Waals surface area contributed by atoms with Crippen LogP contribution in [0.3, 0.4) is 0 Å². The molecule has 1 aromatic rings. The van der Waals surface area contributed by atoms with Gasteiger partial charge in [-0.15, -0.1) is 0 Å². The Bertz CT molecular complexity index is 610. The average molecular weight is 322 g/mol. The van der Waals surface area contributed by atoms with Crippen molar-refractivity contribution in [2.45, 2.75) is 30.3 Å². The molecular formula is C13H17F3N2O2S. The monoisotopic (exact) mass is 322 g/mol. The molecule has 0 bridgehead atoms. The predicted molar refractivity (Wildman–Crippen MR) is 72.0 cm³/mol. The molecule has 1 aliphatic carbocycles. The van der Waals surface area contributed by atoms with Gasteiger partial charge in [-0.2, -0.15) is 13.2 Å². The molecule has 3 N–H and O–H groups in total. The van der Waals surface area contributed by atoms with Crippen LogP contribution >= 0.6 is 0 Å². The summed E-state index contributed by atoms with van der Waals surface area (Å²) in [5, 5.41) is 0. The lowest BCUT2D eigenvalue weighted by atomic mass is 10.0. The highest BCUT2D eigenvalue weighted by atomic mass is 32.2. The Morgan fingerprint density at radius 1 is 1.29 bits per heavy atom. The molecule has 1 saturated carbocycles. The lowest BCUT2D eigenvalue weighted by molar-refractivity contribution is -0.137. The number of nitrogens with two attached hydrogens (primary N) is 1. The molecule has 0 saturated heterocycles. The van der Waals surface area contributed by atoms with Gasteiger partial charge in [0.05, 0.1) is 10.5 Å². The van der Waals surface area contributed by atoms with Gasteiger partial charge in [0.15, 0.2) is 0 Å². The third-order valence-electron chi connectivity index (χ3n) is 3.74. The highest BCUT2D eigenvalue weighted by Gasteiger charge is 2.42. The van der Waals surface area contributed by atoms with Crippen LogP contribution in [0.15, 0.2) is 29.2 Å². The molecule has 0 unspecified atom stereocenters. The highest BCUT2D eigenvalue weighted by Crippen LogP contribution is 2.48. The van der Waals surface area contributed by atoms with E-state index in [1.807, 2.05) is 0 Å². The molecule has 0 radical (unpaired) electrons. The number of rotatable bonds is 6. The number of sulfonamides is 1. The first-order valence-corrected chi connectivity index (χ1v) is 8.04. The van der Waals surface area contributed by atoms with E-state index in [2.05, 4.69) is 4.72 Å². The maximum absolute atomic E-state index is 12.6. The molecule has 0 amide bonds. The van der Waals surface area contributed by atoms with Crippen molar-refractivity contribution in [3.8, 4) is 0 Å². The lowest BCUT2D eigenvalue weighted by Gasteiger charge is -2.15. The summed E-state index contributed by atoms with van der Waals surface area (Å²) >= 11 is 0. The minimum Gasteiger partial charge on any atom is -0.330 e. The standard InChI is InChI=1S/C13H17F3N2O2S/c14-13(15,16)10-2-1-3-11(8-10)21(19,20)18-9-12(4-5-12)6-7-17/h1-3,8,18H,4-7,9,17H2. The van der Waals surface area contributed by atoms with Crippen LogP contribution in [-0.2, 0) is 16.2 Å². The van der Waals surface area contributed by atoms with Gasteiger partial charge in [0.25, 0.3) is 0 Å². The van der Waals surface area contributed by atoms with Gasteiger partial charge >= 0.3 is 6.18 Å². The van der Waals surface area contributed by atoms with E-state index in [1.54, 1.807) is 0 Å². The minimum atomic E-state index is -4.57. The van der Waals surface area contributed by atoms with Crippen molar-refractivity contribution in [2.75, 3.05) is 13.1 Å². The van der Waals surface area contributed by atoms with E-state index in [0.717, 1.165) is 31.0 Å². The topological polar surface area (TPSA) is 72.2 Å². The van der Waals surface area contributed by atoms with Crippen LogP contribution in [-0.4, -0.2) is 21.5 Å². The molecule has 8 heteroatoms. The van der Waals surface area contributed by atoms with Crippen molar-refractivity contribution in [3.63, 3.8) is 0 Å². The van der Waals surface area contributed by atoms with E-state index < -0.39 is 21.8 Å². The summed E-state index contributed by atoms with van der Waals surface area (Å²) in [6, 6.07) is 3.73. The summed E-state index contributed by atoms with van der Waals surface area (Å²) in [6.07, 6.45) is -2.09. The molecule has 118 valence electrons. The zero-order chi connectivity index (χ0) is 15.7. The SMILES string of the molecule is NCCC1(CNS(=O)(=O)c2cccc(C(F)(F)F)c2)CC1. The third-order valence-corrected chi connectivity index (χ3v) is 5.14. The Kier molecular flexibility index (Phi) is 4.32. The molecule has 1 aromatic carbocycles. The highest BCUT2D eigenvalue weighted by molar-refractivity contribution is 7.89. The molecule has 2 rings (SSSR count). The largest absolute Gasteiger partial charge is 0.416 e. The molecule has 0 atom stereocenters. The first-order chi connectivity index (χ1) is 9.69. The predicted octanol–water partition coefficient (Wildman–Crippen LogP) is 2.11. The van der Waals surface area contributed by atoms with Gasteiger partial charge in [0.2, 0.25) is 10.0 Å². The summed E-state index contributed by atoms with van der Waals surface area (Å²) < 4.78 is 64.4. The first kappa shape index (κ1) is 16.3. The van der Waals surface area contributed by atoms with Crippen LogP contribution in [0.1, 0.15) is 24.8 Å². The van der Waals surface area contributed by atoms with Crippen molar-refractivity contribution in [1.82, 2.24) is 4.72 Å². The molecule has 0 spiro atoms. The molecule has 4 nitrogen and oxygen atoms in total. The van der Waals surface area contributed by atoms with Crippen LogP contribution in [0, 0.1) is 5.41 Å². The van der Waals surface area contributed by atoms with Crippen LogP contribution in [0.5, 0.6) is 0 Å². The Morgan fingerprint density at radius 2 is 1.95 bits per heavy atom. The fraction of sp³-hybridized carbons (Fsp3) is 0.538. The number of benzene rings is 1. The number of hydrogen-bond acceptors (Lipinski definition) is 3. The van der Waals surface area contributed by atoms with Crippen molar-refractivity contribution < 1.29 is 21.6 Å². The summed E-state index contributed by atoms with van der Waals surface area (Å²) in [7, 11) is -3.95. The Labute approximate surface area is 121 Å². The smallest absolute Gasteiger partial charge is 0.330 e. The normalized spacial score (nSPS) is 17.7. The summed E-state index contributed by atoms with van der Waals surface area (Å²) in [4.78, 5) is -0.374. The zero-order valence-electron chi connectivity index (χ0n) is 11.3. The maximum Gasteiger partial charge on any atom is 0.416 e. The summed E-state index contributed by atoms with van der Waals surface area (Å²) in [5.74, 6) is 0. The fourth-order valence-corrected chi connectivity index (χ4v) is 3.37. The van der Waals surface area contributed by atoms with Crippen molar-refractivity contribution >= 4 is 10.0 Å². The van der Waals surface area contributed by atoms with Gasteiger partial charge in [0.1, 0.15) is 0 Å². The fourth-order valence-electron chi connectivity index (χ4n) is 2.17. The maximum atomic E-state index is 12.6. The Morgan fingerprint density at radius 3 is 2.48 bits per heavy atom. The molecular weight excluding hydrogens is 305 g/mol. The lowest BCUT2D eigenvalue weighted by Crippen LogP contribution is -2.31. The Hall–Kier alpha value is -1.12. The second-order valence-corrected chi connectivity index (χ2v) is 7.16. The van der Waals surface area contributed by atoms with Gasteiger partial charge in [-0.3, -0.25) is 0 Å². The van der Waals surface area contributed by atoms with Gasteiger partial charge in [-0.25, -0.2) is 13.1 Å². The third kappa shape index (κ3) is 3.96. The molecule has 1 aliphatic rings. The van der Waals surface area contributed by atoms with Crippen LogP contribution in [0.2, 0.25) is 0 Å². The first-order valence-electron chi connectivity index (χ1n) is 6.56. The average Bonchev–Trinajstić information content (AvgIpc) is 3.17. The summed E-state index contributed by atoms with van der Waals surface area (Å²) in [6.45, 7) is 0.675. The molecule has 1 fully saturated rings.